The lowest BCUT2D eigenvalue weighted by Crippen LogP contribution is -2.41. The summed E-state index contributed by atoms with van der Waals surface area (Å²) >= 11 is 0. The fraction of sp³-hybridized carbons (Fsp3) is 0.692. The van der Waals surface area contributed by atoms with Gasteiger partial charge in [-0.25, -0.2) is 4.39 Å². The Bertz CT molecular complexity index is 518. The standard InChI is InChI=1S/C13H18BFN2O3/c1-12(2)13(3,4)20-14(19-12)10(15)8-5-9(6-8)11-17-16-7-18-11/h7,9H,5-6H2,1-4H3. The van der Waals surface area contributed by atoms with Crippen LogP contribution in [0, 0.1) is 0 Å². The van der Waals surface area contributed by atoms with Gasteiger partial charge < -0.3 is 13.7 Å². The number of allylic oxidation sites excluding steroid dienone is 1. The number of rotatable bonds is 2. The van der Waals surface area contributed by atoms with E-state index >= 15 is 0 Å². The molecule has 20 heavy (non-hydrogen) atoms. The van der Waals surface area contributed by atoms with Crippen LogP contribution in [0.5, 0.6) is 0 Å². The minimum atomic E-state index is -0.904. The lowest BCUT2D eigenvalue weighted by Gasteiger charge is -2.32. The van der Waals surface area contributed by atoms with E-state index in [1.165, 1.54) is 6.39 Å². The summed E-state index contributed by atoms with van der Waals surface area (Å²) in [4.78, 5) is 0. The van der Waals surface area contributed by atoms with Gasteiger partial charge in [0.2, 0.25) is 12.3 Å². The monoisotopic (exact) mass is 280 g/mol. The van der Waals surface area contributed by atoms with Crippen LogP contribution < -0.4 is 0 Å². The van der Waals surface area contributed by atoms with Crippen molar-refractivity contribution in [3.8, 4) is 0 Å². The van der Waals surface area contributed by atoms with Gasteiger partial charge >= 0.3 is 7.12 Å². The maximum absolute atomic E-state index is 14.4. The molecular weight excluding hydrogens is 262 g/mol. The average Bonchev–Trinajstić information content (AvgIpc) is 2.84. The van der Waals surface area contributed by atoms with Gasteiger partial charge in [0.05, 0.1) is 11.2 Å². The minimum Gasteiger partial charge on any atom is -0.428 e. The van der Waals surface area contributed by atoms with E-state index < -0.39 is 18.3 Å². The first-order chi connectivity index (χ1) is 9.30. The fourth-order valence-electron chi connectivity index (χ4n) is 2.38. The molecule has 0 radical (unpaired) electrons. The van der Waals surface area contributed by atoms with Crippen molar-refractivity contribution in [3.63, 3.8) is 0 Å². The minimum absolute atomic E-state index is 0.112. The molecule has 2 heterocycles. The zero-order chi connectivity index (χ0) is 14.5. The predicted molar refractivity (Wildman–Crippen MR) is 70.5 cm³/mol. The van der Waals surface area contributed by atoms with Crippen molar-refractivity contribution in [3.05, 3.63) is 23.6 Å². The van der Waals surface area contributed by atoms with E-state index in [0.717, 1.165) is 0 Å². The molecule has 1 saturated heterocycles. The summed E-state index contributed by atoms with van der Waals surface area (Å²) in [5.41, 5.74) is -0.637. The molecule has 0 spiro atoms. The van der Waals surface area contributed by atoms with Crippen LogP contribution in [0.3, 0.4) is 0 Å². The smallest absolute Gasteiger partial charge is 0.428 e. The van der Waals surface area contributed by atoms with Gasteiger partial charge in [0.1, 0.15) is 5.73 Å². The SMILES string of the molecule is CC1(C)OB(C(F)=C2CC(c3nnco3)C2)OC1(C)C. The van der Waals surface area contributed by atoms with Gasteiger partial charge in [-0.15, -0.1) is 10.2 Å². The number of aromatic nitrogens is 2. The highest BCUT2D eigenvalue weighted by Gasteiger charge is 2.54. The number of hydrogen-bond donors (Lipinski definition) is 0. The van der Waals surface area contributed by atoms with Gasteiger partial charge in [-0.2, -0.15) is 0 Å². The van der Waals surface area contributed by atoms with E-state index in [2.05, 4.69) is 10.2 Å². The van der Waals surface area contributed by atoms with Crippen LogP contribution in [0.4, 0.5) is 4.39 Å². The first-order valence-electron chi connectivity index (χ1n) is 6.79. The van der Waals surface area contributed by atoms with Crippen LogP contribution in [-0.4, -0.2) is 28.5 Å². The molecule has 7 heteroatoms. The topological polar surface area (TPSA) is 57.4 Å². The molecule has 2 aliphatic rings. The van der Waals surface area contributed by atoms with Gasteiger partial charge in [-0.3, -0.25) is 0 Å². The second-order valence-electron chi connectivity index (χ2n) is 6.42. The second kappa shape index (κ2) is 4.39. The van der Waals surface area contributed by atoms with E-state index in [4.69, 9.17) is 13.7 Å². The molecule has 3 rings (SSSR count). The lowest BCUT2D eigenvalue weighted by atomic mass is 9.72. The van der Waals surface area contributed by atoms with Crippen LogP contribution >= 0.6 is 0 Å². The van der Waals surface area contributed by atoms with Crippen LogP contribution in [0.1, 0.15) is 52.3 Å². The largest absolute Gasteiger partial charge is 0.525 e. The molecule has 2 fully saturated rings. The van der Waals surface area contributed by atoms with Crippen molar-refractivity contribution in [1.29, 1.82) is 0 Å². The Morgan fingerprint density at radius 3 is 2.35 bits per heavy atom. The number of nitrogens with zero attached hydrogens (tertiary/aromatic N) is 2. The van der Waals surface area contributed by atoms with Crippen LogP contribution in [0.25, 0.3) is 0 Å². The normalized spacial score (nSPS) is 27.6. The third kappa shape index (κ3) is 2.09. The van der Waals surface area contributed by atoms with Crippen molar-refractivity contribution in [2.75, 3.05) is 0 Å². The molecule has 0 unspecified atom stereocenters. The molecule has 1 aliphatic heterocycles. The van der Waals surface area contributed by atoms with Crippen LogP contribution in [-0.2, 0) is 9.31 Å². The molecule has 5 nitrogen and oxygen atoms in total. The zero-order valence-corrected chi connectivity index (χ0v) is 12.1. The summed E-state index contributed by atoms with van der Waals surface area (Å²) in [6, 6.07) is 0. The number of halogens is 1. The first-order valence-corrected chi connectivity index (χ1v) is 6.79. The van der Waals surface area contributed by atoms with Crippen molar-refractivity contribution in [1.82, 2.24) is 10.2 Å². The first kappa shape index (κ1) is 13.8. The van der Waals surface area contributed by atoms with Gasteiger partial charge in [0, 0.05) is 5.92 Å². The van der Waals surface area contributed by atoms with Gasteiger partial charge in [-0.05, 0) is 46.1 Å². The lowest BCUT2D eigenvalue weighted by molar-refractivity contribution is 0.00578. The number of hydrogen-bond acceptors (Lipinski definition) is 5. The Morgan fingerprint density at radius 1 is 1.25 bits per heavy atom. The molecule has 1 aliphatic carbocycles. The van der Waals surface area contributed by atoms with Crippen molar-refractivity contribution < 1.29 is 18.1 Å². The van der Waals surface area contributed by atoms with E-state index in [1.54, 1.807) is 0 Å². The summed E-state index contributed by atoms with van der Waals surface area (Å²) in [6.07, 6.45) is 2.46. The molecular formula is C13H18BFN2O3. The van der Waals surface area contributed by atoms with Gasteiger partial charge in [0.25, 0.3) is 0 Å². The molecule has 0 aromatic carbocycles. The summed E-state index contributed by atoms with van der Waals surface area (Å²) in [5, 5.41) is 7.49. The second-order valence-corrected chi connectivity index (χ2v) is 6.42. The third-order valence-corrected chi connectivity index (χ3v) is 4.51. The third-order valence-electron chi connectivity index (χ3n) is 4.51. The quantitative estimate of drug-likeness (QED) is 0.779. The molecule has 0 atom stereocenters. The average molecular weight is 280 g/mol. The van der Waals surface area contributed by atoms with Gasteiger partial charge in [0.15, 0.2) is 0 Å². The summed E-state index contributed by atoms with van der Waals surface area (Å²) in [5.74, 6) is 0.677. The highest BCUT2D eigenvalue weighted by Crippen LogP contribution is 2.45. The van der Waals surface area contributed by atoms with Crippen LogP contribution in [0.15, 0.2) is 22.1 Å². The Labute approximate surface area is 117 Å². The highest BCUT2D eigenvalue weighted by atomic mass is 19.1. The van der Waals surface area contributed by atoms with Crippen LogP contribution in [0.2, 0.25) is 0 Å². The molecule has 1 saturated carbocycles. The van der Waals surface area contributed by atoms with Crippen molar-refractivity contribution in [2.24, 2.45) is 0 Å². The predicted octanol–water partition coefficient (Wildman–Crippen LogP) is 2.80. The summed E-state index contributed by atoms with van der Waals surface area (Å²) in [6.45, 7) is 7.64. The van der Waals surface area contributed by atoms with E-state index in [-0.39, 0.29) is 11.6 Å². The Hall–Kier alpha value is -1.21. The fourth-order valence-corrected chi connectivity index (χ4v) is 2.38. The van der Waals surface area contributed by atoms with E-state index in [1.807, 2.05) is 27.7 Å². The molecule has 108 valence electrons. The van der Waals surface area contributed by atoms with Crippen molar-refractivity contribution in [2.45, 2.75) is 57.7 Å². The molecule has 0 N–H and O–H groups in total. The molecule has 1 aromatic heterocycles. The van der Waals surface area contributed by atoms with Gasteiger partial charge in [-0.1, -0.05) is 0 Å². The molecule has 0 bridgehead atoms. The Kier molecular flexibility index (Phi) is 3.02. The maximum atomic E-state index is 14.4. The van der Waals surface area contributed by atoms with Crippen molar-refractivity contribution >= 4 is 7.12 Å². The molecule has 0 amide bonds. The van der Waals surface area contributed by atoms with E-state index in [0.29, 0.717) is 24.3 Å². The molecule has 1 aromatic rings. The maximum Gasteiger partial charge on any atom is 0.525 e. The Balaban J connectivity index is 1.69. The zero-order valence-electron chi connectivity index (χ0n) is 12.1. The highest BCUT2D eigenvalue weighted by molar-refractivity contribution is 6.53. The summed E-state index contributed by atoms with van der Waals surface area (Å²) < 4.78 is 30.9. The Morgan fingerprint density at radius 2 is 1.85 bits per heavy atom. The summed E-state index contributed by atoms with van der Waals surface area (Å²) in [7, 11) is -0.904. The van der Waals surface area contributed by atoms with E-state index in [9.17, 15) is 4.39 Å².